The van der Waals surface area contributed by atoms with Gasteiger partial charge in [0, 0.05) is 50.6 Å². The lowest BCUT2D eigenvalue weighted by Gasteiger charge is -2.36. The van der Waals surface area contributed by atoms with Crippen LogP contribution in [-0.4, -0.2) is 71.8 Å². The zero-order valence-electron chi connectivity index (χ0n) is 16.8. The van der Waals surface area contributed by atoms with Crippen LogP contribution in [0.4, 0.5) is 11.6 Å². The van der Waals surface area contributed by atoms with Crippen LogP contribution in [0.3, 0.4) is 0 Å². The van der Waals surface area contributed by atoms with Crippen LogP contribution < -0.4 is 14.5 Å². The SMILES string of the molecule is CCC(=O)c1ccc2c(c1)N(CC(=O)N1CCN(c3ncccn3)CC1)C(=O)CO2. The van der Waals surface area contributed by atoms with Crippen molar-refractivity contribution in [1.82, 2.24) is 14.9 Å². The molecule has 2 aliphatic rings. The van der Waals surface area contributed by atoms with E-state index in [4.69, 9.17) is 4.74 Å². The number of nitrogens with zero attached hydrogens (tertiary/aromatic N) is 5. The van der Waals surface area contributed by atoms with Gasteiger partial charge < -0.3 is 14.5 Å². The molecular formula is C21H23N5O4. The Morgan fingerprint density at radius 2 is 1.83 bits per heavy atom. The fraction of sp³-hybridized carbons (Fsp3) is 0.381. The molecule has 0 unspecified atom stereocenters. The van der Waals surface area contributed by atoms with Crippen molar-refractivity contribution < 1.29 is 19.1 Å². The van der Waals surface area contributed by atoms with Crippen molar-refractivity contribution in [3.05, 3.63) is 42.2 Å². The summed E-state index contributed by atoms with van der Waals surface area (Å²) in [4.78, 5) is 51.1. The van der Waals surface area contributed by atoms with E-state index in [1.54, 1.807) is 48.5 Å². The first kappa shape index (κ1) is 19.8. The zero-order valence-corrected chi connectivity index (χ0v) is 16.8. The fourth-order valence-corrected chi connectivity index (χ4v) is 3.60. The van der Waals surface area contributed by atoms with Crippen LogP contribution in [-0.2, 0) is 9.59 Å². The molecule has 0 saturated carbocycles. The predicted molar refractivity (Wildman–Crippen MR) is 110 cm³/mol. The lowest BCUT2D eigenvalue weighted by molar-refractivity contribution is -0.132. The lowest BCUT2D eigenvalue weighted by Crippen LogP contribution is -2.53. The monoisotopic (exact) mass is 409 g/mol. The highest BCUT2D eigenvalue weighted by Gasteiger charge is 2.31. The van der Waals surface area contributed by atoms with Gasteiger partial charge in [-0.05, 0) is 24.3 Å². The highest BCUT2D eigenvalue weighted by molar-refractivity contribution is 6.04. The lowest BCUT2D eigenvalue weighted by atomic mass is 10.1. The molecule has 1 fully saturated rings. The van der Waals surface area contributed by atoms with Gasteiger partial charge >= 0.3 is 0 Å². The largest absolute Gasteiger partial charge is 0.482 e. The first-order chi connectivity index (χ1) is 14.6. The molecule has 0 bridgehead atoms. The number of ether oxygens (including phenoxy) is 1. The van der Waals surface area contributed by atoms with Gasteiger partial charge in [0.25, 0.3) is 5.91 Å². The normalized spacial score (nSPS) is 16.2. The van der Waals surface area contributed by atoms with E-state index in [1.807, 2.05) is 4.90 Å². The average molecular weight is 409 g/mol. The smallest absolute Gasteiger partial charge is 0.265 e. The Labute approximate surface area is 174 Å². The molecule has 9 nitrogen and oxygen atoms in total. The van der Waals surface area contributed by atoms with Crippen LogP contribution >= 0.6 is 0 Å². The van der Waals surface area contributed by atoms with Crippen molar-refractivity contribution >= 4 is 29.2 Å². The molecule has 0 N–H and O–H groups in total. The number of hydrogen-bond acceptors (Lipinski definition) is 7. The van der Waals surface area contributed by atoms with Crippen molar-refractivity contribution in [3.63, 3.8) is 0 Å². The van der Waals surface area contributed by atoms with Gasteiger partial charge in [-0.15, -0.1) is 0 Å². The summed E-state index contributed by atoms with van der Waals surface area (Å²) in [6.45, 7) is 3.87. The Morgan fingerprint density at radius 1 is 1.10 bits per heavy atom. The van der Waals surface area contributed by atoms with E-state index in [-0.39, 0.29) is 30.7 Å². The average Bonchev–Trinajstić information content (AvgIpc) is 2.80. The minimum absolute atomic E-state index is 0.0265. The molecule has 2 aliphatic heterocycles. The van der Waals surface area contributed by atoms with Crippen LogP contribution in [0.25, 0.3) is 0 Å². The molecule has 2 amide bonds. The number of rotatable bonds is 5. The summed E-state index contributed by atoms with van der Waals surface area (Å²) < 4.78 is 5.48. The molecule has 9 heteroatoms. The molecule has 2 aromatic rings. The van der Waals surface area contributed by atoms with E-state index in [2.05, 4.69) is 9.97 Å². The van der Waals surface area contributed by atoms with E-state index in [0.717, 1.165) is 0 Å². The minimum atomic E-state index is -0.298. The van der Waals surface area contributed by atoms with Crippen molar-refractivity contribution in [1.29, 1.82) is 0 Å². The van der Waals surface area contributed by atoms with Crippen molar-refractivity contribution in [2.45, 2.75) is 13.3 Å². The number of amides is 2. The molecule has 156 valence electrons. The van der Waals surface area contributed by atoms with Gasteiger partial charge in [-0.25, -0.2) is 9.97 Å². The number of carbonyl (C=O) groups excluding carboxylic acids is 3. The molecular weight excluding hydrogens is 386 g/mol. The molecule has 4 rings (SSSR count). The van der Waals surface area contributed by atoms with Gasteiger partial charge in [-0.3, -0.25) is 19.3 Å². The second-order valence-corrected chi connectivity index (χ2v) is 7.14. The highest BCUT2D eigenvalue weighted by Crippen LogP contribution is 2.33. The van der Waals surface area contributed by atoms with Crippen LogP contribution in [0.15, 0.2) is 36.7 Å². The molecule has 0 aliphatic carbocycles. The van der Waals surface area contributed by atoms with Gasteiger partial charge in [0.1, 0.15) is 12.3 Å². The minimum Gasteiger partial charge on any atom is -0.482 e. The third-order valence-electron chi connectivity index (χ3n) is 5.31. The Bertz CT molecular complexity index is 957. The summed E-state index contributed by atoms with van der Waals surface area (Å²) in [5, 5.41) is 0. The Kier molecular flexibility index (Phi) is 5.60. The number of anilines is 2. The summed E-state index contributed by atoms with van der Waals surface area (Å²) in [7, 11) is 0. The van der Waals surface area contributed by atoms with E-state index in [0.29, 0.717) is 55.5 Å². The van der Waals surface area contributed by atoms with Gasteiger partial charge in [-0.1, -0.05) is 6.92 Å². The number of Topliss-reactive ketones (excluding diaryl/α,β-unsaturated/α-hetero) is 1. The Morgan fingerprint density at radius 3 is 2.53 bits per heavy atom. The quantitative estimate of drug-likeness (QED) is 0.684. The summed E-state index contributed by atoms with van der Waals surface area (Å²) in [5.41, 5.74) is 0.971. The standard InChI is InChI=1S/C21H23N5O4/c1-2-17(27)15-4-5-18-16(12-15)26(20(29)14-30-18)13-19(28)24-8-10-25(11-9-24)21-22-6-3-7-23-21/h3-7,12H,2,8-11,13-14H2,1H3. The molecule has 0 radical (unpaired) electrons. The van der Waals surface area contributed by atoms with Gasteiger partial charge in [0.05, 0.1) is 5.69 Å². The van der Waals surface area contributed by atoms with Crippen LogP contribution in [0.1, 0.15) is 23.7 Å². The summed E-state index contributed by atoms with van der Waals surface area (Å²) in [6.07, 6.45) is 3.75. The maximum absolute atomic E-state index is 12.9. The summed E-state index contributed by atoms with van der Waals surface area (Å²) in [6, 6.07) is 6.77. The number of piperazine rings is 1. The van der Waals surface area contributed by atoms with Gasteiger partial charge in [-0.2, -0.15) is 0 Å². The Balaban J connectivity index is 1.45. The van der Waals surface area contributed by atoms with Gasteiger partial charge in [0.15, 0.2) is 12.4 Å². The first-order valence-electron chi connectivity index (χ1n) is 9.97. The third kappa shape index (κ3) is 3.96. The molecule has 1 saturated heterocycles. The van der Waals surface area contributed by atoms with E-state index in [9.17, 15) is 14.4 Å². The topological polar surface area (TPSA) is 95.9 Å². The third-order valence-corrected chi connectivity index (χ3v) is 5.31. The van der Waals surface area contributed by atoms with Crippen LogP contribution in [0.2, 0.25) is 0 Å². The molecule has 0 atom stereocenters. The second-order valence-electron chi connectivity index (χ2n) is 7.14. The second kappa shape index (κ2) is 8.48. The summed E-state index contributed by atoms with van der Waals surface area (Å²) >= 11 is 0. The van der Waals surface area contributed by atoms with Crippen LogP contribution in [0, 0.1) is 0 Å². The number of aromatic nitrogens is 2. The van der Waals surface area contributed by atoms with Crippen LogP contribution in [0.5, 0.6) is 5.75 Å². The van der Waals surface area contributed by atoms with Crippen molar-refractivity contribution in [2.75, 3.05) is 49.1 Å². The molecule has 1 aromatic carbocycles. The predicted octanol–water partition coefficient (Wildman–Crippen LogP) is 1.14. The van der Waals surface area contributed by atoms with Crippen molar-refractivity contribution in [2.24, 2.45) is 0 Å². The van der Waals surface area contributed by atoms with E-state index >= 15 is 0 Å². The van der Waals surface area contributed by atoms with Crippen molar-refractivity contribution in [3.8, 4) is 5.75 Å². The number of hydrogen-bond donors (Lipinski definition) is 0. The maximum atomic E-state index is 12.9. The number of benzene rings is 1. The molecule has 30 heavy (non-hydrogen) atoms. The number of ketones is 1. The maximum Gasteiger partial charge on any atom is 0.265 e. The molecule has 1 aromatic heterocycles. The molecule has 3 heterocycles. The number of fused-ring (bicyclic) bond motifs is 1. The molecule has 0 spiro atoms. The zero-order chi connectivity index (χ0) is 21.1. The highest BCUT2D eigenvalue weighted by atomic mass is 16.5. The fourth-order valence-electron chi connectivity index (χ4n) is 3.60. The van der Waals surface area contributed by atoms with E-state index in [1.165, 1.54) is 4.90 Å². The van der Waals surface area contributed by atoms with Gasteiger partial charge in [0.2, 0.25) is 11.9 Å². The summed E-state index contributed by atoms with van der Waals surface area (Å²) in [5.74, 6) is 0.683. The Hall–Kier alpha value is -3.49. The first-order valence-corrected chi connectivity index (χ1v) is 9.97. The number of carbonyl (C=O) groups is 3. The van der Waals surface area contributed by atoms with E-state index < -0.39 is 0 Å².